The fourth-order valence-corrected chi connectivity index (χ4v) is 2.80. The number of aromatic amines is 1. The molecule has 0 saturated carbocycles. The molecule has 1 amide bonds. The van der Waals surface area contributed by atoms with Crippen LogP contribution in [0.4, 0.5) is 5.69 Å². The average molecular weight is 350 g/mol. The summed E-state index contributed by atoms with van der Waals surface area (Å²) in [7, 11) is 0. The summed E-state index contributed by atoms with van der Waals surface area (Å²) in [6.07, 6.45) is 3.35. The Morgan fingerprint density at radius 2 is 2.04 bits per heavy atom. The molecule has 7 nitrogen and oxygen atoms in total. The van der Waals surface area contributed by atoms with Crippen LogP contribution in [0.25, 0.3) is 11.4 Å². The number of nitrogens with zero attached hydrogens (tertiary/aromatic N) is 4. The highest BCUT2D eigenvalue weighted by Gasteiger charge is 2.18. The molecule has 1 aromatic carbocycles. The first-order chi connectivity index (χ1) is 12.2. The second-order valence-corrected chi connectivity index (χ2v) is 6.42. The highest BCUT2D eigenvalue weighted by molar-refractivity contribution is 8.00. The number of anilines is 1. The second-order valence-electron chi connectivity index (χ2n) is 5.11. The van der Waals surface area contributed by atoms with Crippen LogP contribution in [0, 0.1) is 11.3 Å². The van der Waals surface area contributed by atoms with Gasteiger partial charge < -0.3 is 5.32 Å². The van der Waals surface area contributed by atoms with Crippen LogP contribution in [-0.4, -0.2) is 31.3 Å². The van der Waals surface area contributed by atoms with E-state index in [1.807, 2.05) is 12.1 Å². The van der Waals surface area contributed by atoms with Gasteiger partial charge in [-0.3, -0.25) is 14.9 Å². The average Bonchev–Trinajstić information content (AvgIpc) is 3.11. The number of carbonyl (C=O) groups excluding carboxylic acids is 1. The van der Waals surface area contributed by atoms with E-state index in [0.29, 0.717) is 22.2 Å². The van der Waals surface area contributed by atoms with Crippen LogP contribution in [0.3, 0.4) is 0 Å². The van der Waals surface area contributed by atoms with Gasteiger partial charge in [0.05, 0.1) is 16.5 Å². The summed E-state index contributed by atoms with van der Waals surface area (Å²) in [6, 6.07) is 12.6. The number of aromatic nitrogens is 4. The predicted molar refractivity (Wildman–Crippen MR) is 94.7 cm³/mol. The molecule has 0 saturated heterocycles. The number of carbonyl (C=O) groups is 1. The number of pyridine rings is 1. The lowest BCUT2D eigenvalue weighted by Gasteiger charge is -2.11. The predicted octanol–water partition coefficient (Wildman–Crippen LogP) is 2.86. The van der Waals surface area contributed by atoms with Gasteiger partial charge in [0, 0.05) is 18.0 Å². The van der Waals surface area contributed by atoms with Crippen molar-refractivity contribution in [2.75, 3.05) is 5.32 Å². The van der Waals surface area contributed by atoms with Crippen molar-refractivity contribution in [2.45, 2.75) is 17.3 Å². The summed E-state index contributed by atoms with van der Waals surface area (Å²) in [6.45, 7) is 1.76. The van der Waals surface area contributed by atoms with Crippen molar-refractivity contribution in [1.29, 1.82) is 5.26 Å². The molecule has 8 heteroatoms. The standard InChI is InChI=1S/C17H14N6OS/c1-11(16(24)20-14-5-3-2-4-13(14)10-18)25-17-21-15(22-23-17)12-6-8-19-9-7-12/h2-9,11H,1H3,(H,20,24)(H,21,22,23)/t11-/m0/s1. The molecule has 0 aliphatic rings. The Morgan fingerprint density at radius 1 is 1.28 bits per heavy atom. The van der Waals surface area contributed by atoms with Crippen LogP contribution in [0.15, 0.2) is 53.9 Å². The minimum Gasteiger partial charge on any atom is -0.324 e. The number of hydrogen-bond donors (Lipinski definition) is 2. The third kappa shape index (κ3) is 4.02. The maximum absolute atomic E-state index is 12.3. The van der Waals surface area contributed by atoms with Crippen molar-refractivity contribution < 1.29 is 4.79 Å². The molecule has 1 atom stereocenters. The van der Waals surface area contributed by atoms with Crippen LogP contribution in [0.2, 0.25) is 0 Å². The van der Waals surface area contributed by atoms with Gasteiger partial charge in [-0.25, -0.2) is 4.98 Å². The number of nitrogens with one attached hydrogen (secondary N) is 2. The molecule has 3 rings (SSSR count). The van der Waals surface area contributed by atoms with Gasteiger partial charge in [0.25, 0.3) is 0 Å². The lowest BCUT2D eigenvalue weighted by molar-refractivity contribution is -0.115. The normalized spacial score (nSPS) is 11.5. The summed E-state index contributed by atoms with van der Waals surface area (Å²) < 4.78 is 0. The maximum Gasteiger partial charge on any atom is 0.237 e. The number of benzene rings is 1. The van der Waals surface area contributed by atoms with Gasteiger partial charge in [0.2, 0.25) is 11.1 Å². The number of thioether (sulfide) groups is 1. The second kappa shape index (κ2) is 7.59. The molecule has 0 fully saturated rings. The van der Waals surface area contributed by atoms with Gasteiger partial charge in [0.1, 0.15) is 6.07 Å². The molecule has 0 unspecified atom stereocenters. The molecular weight excluding hydrogens is 336 g/mol. The molecule has 0 aliphatic carbocycles. The zero-order valence-corrected chi connectivity index (χ0v) is 14.1. The summed E-state index contributed by atoms with van der Waals surface area (Å²) in [4.78, 5) is 20.7. The fourth-order valence-electron chi connectivity index (χ4n) is 2.07. The summed E-state index contributed by atoms with van der Waals surface area (Å²) in [5, 5.41) is 18.9. The van der Waals surface area contributed by atoms with Crippen molar-refractivity contribution >= 4 is 23.4 Å². The molecular formula is C17H14N6OS. The molecule has 3 aromatic rings. The zero-order chi connectivity index (χ0) is 17.6. The van der Waals surface area contributed by atoms with Crippen LogP contribution in [0.1, 0.15) is 12.5 Å². The SMILES string of the molecule is C[C@H](Sc1n[nH]c(-c2ccncc2)n1)C(=O)Nc1ccccc1C#N. The molecule has 0 bridgehead atoms. The third-order valence-electron chi connectivity index (χ3n) is 3.38. The Hall–Kier alpha value is -3.18. The van der Waals surface area contributed by atoms with E-state index in [1.54, 1.807) is 43.6 Å². The molecule has 124 valence electrons. The number of amides is 1. The smallest absolute Gasteiger partial charge is 0.237 e. The Bertz CT molecular complexity index is 918. The first-order valence-corrected chi connectivity index (χ1v) is 8.35. The lowest BCUT2D eigenvalue weighted by atomic mass is 10.2. The van der Waals surface area contributed by atoms with Gasteiger partial charge in [-0.1, -0.05) is 23.9 Å². The Balaban J connectivity index is 1.66. The quantitative estimate of drug-likeness (QED) is 0.685. The summed E-state index contributed by atoms with van der Waals surface area (Å²) >= 11 is 1.24. The maximum atomic E-state index is 12.3. The zero-order valence-electron chi connectivity index (χ0n) is 13.3. The molecule has 0 radical (unpaired) electrons. The van der Waals surface area contributed by atoms with Crippen molar-refractivity contribution in [2.24, 2.45) is 0 Å². The number of H-pyrrole nitrogens is 1. The number of nitriles is 1. The molecule has 2 heterocycles. The van der Waals surface area contributed by atoms with Gasteiger partial charge in [-0.05, 0) is 31.2 Å². The van der Waals surface area contributed by atoms with Crippen molar-refractivity contribution in [1.82, 2.24) is 20.2 Å². The molecule has 25 heavy (non-hydrogen) atoms. The van der Waals surface area contributed by atoms with E-state index in [4.69, 9.17) is 5.26 Å². The van der Waals surface area contributed by atoms with Crippen molar-refractivity contribution in [3.8, 4) is 17.5 Å². The van der Waals surface area contributed by atoms with E-state index >= 15 is 0 Å². The van der Waals surface area contributed by atoms with Gasteiger partial charge in [0.15, 0.2) is 5.82 Å². The largest absolute Gasteiger partial charge is 0.324 e. The number of hydrogen-bond acceptors (Lipinski definition) is 6. The van der Waals surface area contributed by atoms with Gasteiger partial charge >= 0.3 is 0 Å². The third-order valence-corrected chi connectivity index (χ3v) is 4.34. The van der Waals surface area contributed by atoms with E-state index in [0.717, 1.165) is 5.56 Å². The molecule has 0 spiro atoms. The van der Waals surface area contributed by atoms with E-state index in [-0.39, 0.29) is 5.91 Å². The van der Waals surface area contributed by atoms with E-state index in [9.17, 15) is 4.79 Å². The van der Waals surface area contributed by atoms with E-state index in [2.05, 4.69) is 31.6 Å². The first-order valence-electron chi connectivity index (χ1n) is 7.47. The Kier molecular flexibility index (Phi) is 5.06. The molecule has 0 aliphatic heterocycles. The number of para-hydroxylation sites is 1. The lowest BCUT2D eigenvalue weighted by Crippen LogP contribution is -2.23. The first kappa shape index (κ1) is 16.7. The summed E-state index contributed by atoms with van der Waals surface area (Å²) in [5.74, 6) is 0.398. The van der Waals surface area contributed by atoms with E-state index < -0.39 is 5.25 Å². The number of rotatable bonds is 5. The van der Waals surface area contributed by atoms with Crippen molar-refractivity contribution in [3.05, 3.63) is 54.4 Å². The Labute approximate surface area is 148 Å². The molecule has 2 aromatic heterocycles. The highest BCUT2D eigenvalue weighted by atomic mass is 32.2. The summed E-state index contributed by atoms with van der Waals surface area (Å²) in [5.41, 5.74) is 1.79. The molecule has 2 N–H and O–H groups in total. The van der Waals surface area contributed by atoms with Crippen LogP contribution in [0.5, 0.6) is 0 Å². The van der Waals surface area contributed by atoms with Crippen LogP contribution < -0.4 is 5.32 Å². The van der Waals surface area contributed by atoms with Crippen LogP contribution in [-0.2, 0) is 4.79 Å². The monoisotopic (exact) mass is 350 g/mol. The highest BCUT2D eigenvalue weighted by Crippen LogP contribution is 2.24. The Morgan fingerprint density at radius 3 is 2.80 bits per heavy atom. The van der Waals surface area contributed by atoms with E-state index in [1.165, 1.54) is 11.8 Å². The van der Waals surface area contributed by atoms with Crippen LogP contribution >= 0.6 is 11.8 Å². The van der Waals surface area contributed by atoms with Crippen molar-refractivity contribution in [3.63, 3.8) is 0 Å². The fraction of sp³-hybridized carbons (Fsp3) is 0.118. The van der Waals surface area contributed by atoms with Gasteiger partial charge in [-0.2, -0.15) is 5.26 Å². The minimum absolute atomic E-state index is 0.219. The van der Waals surface area contributed by atoms with Gasteiger partial charge in [-0.15, -0.1) is 5.10 Å². The minimum atomic E-state index is -0.423. The topological polar surface area (TPSA) is 107 Å².